The molecular formula is C14H21Cl2N3O. The van der Waals surface area contributed by atoms with Gasteiger partial charge in [-0.05, 0) is 43.9 Å². The number of likely N-dealkylation sites (tertiary alicyclic amines) is 1. The van der Waals surface area contributed by atoms with E-state index in [1.54, 1.807) is 12.4 Å². The molecule has 112 valence electrons. The number of aromatic nitrogens is 1. The Morgan fingerprint density at radius 1 is 1.35 bits per heavy atom. The summed E-state index contributed by atoms with van der Waals surface area (Å²) in [5, 5.41) is 3.52. The third-order valence-corrected chi connectivity index (χ3v) is 4.06. The van der Waals surface area contributed by atoms with Crippen LogP contribution in [0.1, 0.15) is 28.8 Å². The second kappa shape index (κ2) is 7.25. The second-order valence-corrected chi connectivity index (χ2v) is 5.40. The Morgan fingerprint density at radius 2 is 2.15 bits per heavy atom. The van der Waals surface area contributed by atoms with Crippen molar-refractivity contribution in [1.82, 2.24) is 15.2 Å². The maximum Gasteiger partial charge on any atom is 0.255 e. The Balaban J connectivity index is 0.000001000. The van der Waals surface area contributed by atoms with Crippen molar-refractivity contribution < 1.29 is 4.79 Å². The van der Waals surface area contributed by atoms with Gasteiger partial charge in [0.1, 0.15) is 0 Å². The average Bonchev–Trinajstić information content (AvgIpc) is 2.85. The van der Waals surface area contributed by atoms with Crippen LogP contribution in [0.15, 0.2) is 18.5 Å². The third kappa shape index (κ3) is 3.43. The van der Waals surface area contributed by atoms with Gasteiger partial charge in [-0.15, -0.1) is 24.8 Å². The van der Waals surface area contributed by atoms with Gasteiger partial charge in [0.2, 0.25) is 0 Å². The minimum Gasteiger partial charge on any atom is -0.338 e. The molecule has 2 aliphatic heterocycles. The van der Waals surface area contributed by atoms with Crippen LogP contribution in [-0.4, -0.2) is 41.5 Å². The molecule has 2 fully saturated rings. The lowest BCUT2D eigenvalue weighted by atomic mass is 9.93. The van der Waals surface area contributed by atoms with Crippen LogP contribution in [0.5, 0.6) is 0 Å². The van der Waals surface area contributed by atoms with E-state index in [9.17, 15) is 4.79 Å². The van der Waals surface area contributed by atoms with E-state index in [-0.39, 0.29) is 30.7 Å². The van der Waals surface area contributed by atoms with Crippen molar-refractivity contribution >= 4 is 30.7 Å². The van der Waals surface area contributed by atoms with Crippen molar-refractivity contribution in [2.45, 2.75) is 25.8 Å². The van der Waals surface area contributed by atoms with Crippen LogP contribution in [0.3, 0.4) is 0 Å². The first-order valence-electron chi connectivity index (χ1n) is 6.68. The lowest BCUT2D eigenvalue weighted by Gasteiger charge is -2.34. The number of fused-ring (bicyclic) bond motifs is 1. The molecule has 2 unspecified atom stereocenters. The molecule has 3 heterocycles. The summed E-state index contributed by atoms with van der Waals surface area (Å²) in [4.78, 5) is 18.5. The maximum atomic E-state index is 12.4. The van der Waals surface area contributed by atoms with Crippen LogP contribution in [0.4, 0.5) is 0 Å². The van der Waals surface area contributed by atoms with Crippen LogP contribution in [0.2, 0.25) is 0 Å². The molecule has 20 heavy (non-hydrogen) atoms. The van der Waals surface area contributed by atoms with Crippen LogP contribution in [0.25, 0.3) is 0 Å². The highest BCUT2D eigenvalue weighted by molar-refractivity contribution is 5.94. The van der Waals surface area contributed by atoms with E-state index in [2.05, 4.69) is 10.3 Å². The largest absolute Gasteiger partial charge is 0.338 e. The Kier molecular flexibility index (Phi) is 6.24. The number of amides is 1. The lowest BCUT2D eigenvalue weighted by molar-refractivity contribution is 0.0661. The first kappa shape index (κ1) is 17.2. The molecule has 0 bridgehead atoms. The molecule has 0 aliphatic carbocycles. The number of hydrogen-bond acceptors (Lipinski definition) is 3. The fourth-order valence-corrected chi connectivity index (χ4v) is 3.09. The van der Waals surface area contributed by atoms with E-state index < -0.39 is 0 Å². The fraction of sp³-hybridized carbons (Fsp3) is 0.571. The van der Waals surface area contributed by atoms with Crippen molar-refractivity contribution in [1.29, 1.82) is 0 Å². The van der Waals surface area contributed by atoms with Crippen LogP contribution >= 0.6 is 24.8 Å². The molecule has 4 nitrogen and oxygen atoms in total. The molecule has 1 aromatic heterocycles. The number of pyridine rings is 1. The van der Waals surface area contributed by atoms with Crippen LogP contribution in [-0.2, 0) is 0 Å². The molecule has 2 saturated heterocycles. The smallest absolute Gasteiger partial charge is 0.255 e. The van der Waals surface area contributed by atoms with Gasteiger partial charge < -0.3 is 10.2 Å². The number of nitrogens with zero attached hydrogens (tertiary/aromatic N) is 2. The molecule has 1 amide bonds. The predicted octanol–water partition coefficient (Wildman–Crippen LogP) is 2.06. The normalized spacial score (nSPS) is 24.4. The zero-order chi connectivity index (χ0) is 12.5. The van der Waals surface area contributed by atoms with Crippen LogP contribution in [0, 0.1) is 12.8 Å². The topological polar surface area (TPSA) is 45.2 Å². The number of carbonyl (C=O) groups is 1. The molecule has 0 radical (unpaired) electrons. The summed E-state index contributed by atoms with van der Waals surface area (Å²) >= 11 is 0. The number of hydrogen-bond donors (Lipinski definition) is 1. The molecular weight excluding hydrogens is 297 g/mol. The number of piperidine rings is 1. The summed E-state index contributed by atoms with van der Waals surface area (Å²) in [6.45, 7) is 4.83. The number of halogens is 2. The van der Waals surface area contributed by atoms with Gasteiger partial charge in [0.05, 0.1) is 5.56 Å². The molecule has 0 saturated carbocycles. The minimum atomic E-state index is 0. The fourth-order valence-electron chi connectivity index (χ4n) is 3.09. The highest BCUT2D eigenvalue weighted by Crippen LogP contribution is 2.25. The van der Waals surface area contributed by atoms with Gasteiger partial charge >= 0.3 is 0 Å². The molecule has 3 rings (SSSR count). The van der Waals surface area contributed by atoms with E-state index in [0.717, 1.165) is 37.2 Å². The number of rotatable bonds is 1. The van der Waals surface area contributed by atoms with Gasteiger partial charge in [-0.3, -0.25) is 9.78 Å². The lowest BCUT2D eigenvalue weighted by Crippen LogP contribution is -2.46. The Bertz CT molecular complexity index is 469. The van der Waals surface area contributed by atoms with Gasteiger partial charge in [0.25, 0.3) is 5.91 Å². The van der Waals surface area contributed by atoms with Crippen molar-refractivity contribution in [3.63, 3.8) is 0 Å². The highest BCUT2D eigenvalue weighted by atomic mass is 35.5. The summed E-state index contributed by atoms with van der Waals surface area (Å²) in [5.74, 6) is 0.775. The van der Waals surface area contributed by atoms with Crippen molar-refractivity contribution in [2.24, 2.45) is 5.92 Å². The minimum absolute atomic E-state index is 0. The first-order valence-corrected chi connectivity index (χ1v) is 6.68. The van der Waals surface area contributed by atoms with Crippen LogP contribution < -0.4 is 5.32 Å². The molecule has 0 spiro atoms. The molecule has 6 heteroatoms. The Labute approximate surface area is 132 Å². The SMILES string of the molecule is Cc1cncc(C(=O)N2CCC3NCCC3C2)c1.Cl.Cl. The molecule has 0 aromatic carbocycles. The van der Waals surface area contributed by atoms with E-state index in [1.165, 1.54) is 6.42 Å². The molecule has 2 aliphatic rings. The zero-order valence-electron chi connectivity index (χ0n) is 11.5. The zero-order valence-corrected chi connectivity index (χ0v) is 13.2. The predicted molar refractivity (Wildman–Crippen MR) is 83.9 cm³/mol. The average molecular weight is 318 g/mol. The number of carbonyl (C=O) groups excluding carboxylic acids is 1. The standard InChI is InChI=1S/C14H19N3O.2ClH/c1-10-6-12(8-15-7-10)14(18)17-5-3-13-11(9-17)2-4-16-13;;/h6-8,11,13,16H,2-5,9H2,1H3;2*1H. The van der Waals surface area contributed by atoms with Gasteiger partial charge in [0, 0.05) is 31.5 Å². The van der Waals surface area contributed by atoms with E-state index in [4.69, 9.17) is 0 Å². The third-order valence-electron chi connectivity index (χ3n) is 4.06. The van der Waals surface area contributed by atoms with Gasteiger partial charge in [-0.1, -0.05) is 0 Å². The van der Waals surface area contributed by atoms with Gasteiger partial charge in [-0.2, -0.15) is 0 Å². The monoisotopic (exact) mass is 317 g/mol. The summed E-state index contributed by atoms with van der Waals surface area (Å²) in [6.07, 6.45) is 5.73. The molecule has 1 aromatic rings. The Hall–Kier alpha value is -0.840. The van der Waals surface area contributed by atoms with E-state index >= 15 is 0 Å². The molecule has 1 N–H and O–H groups in total. The van der Waals surface area contributed by atoms with E-state index in [1.807, 2.05) is 17.9 Å². The summed E-state index contributed by atoms with van der Waals surface area (Å²) < 4.78 is 0. The summed E-state index contributed by atoms with van der Waals surface area (Å²) in [6, 6.07) is 2.55. The van der Waals surface area contributed by atoms with Gasteiger partial charge in [-0.25, -0.2) is 0 Å². The number of nitrogens with one attached hydrogen (secondary N) is 1. The quantitative estimate of drug-likeness (QED) is 0.862. The van der Waals surface area contributed by atoms with Crippen molar-refractivity contribution in [2.75, 3.05) is 19.6 Å². The van der Waals surface area contributed by atoms with Gasteiger partial charge in [0.15, 0.2) is 0 Å². The summed E-state index contributed by atoms with van der Waals surface area (Å²) in [5.41, 5.74) is 1.76. The van der Waals surface area contributed by atoms with Crippen molar-refractivity contribution in [3.8, 4) is 0 Å². The first-order chi connectivity index (χ1) is 8.74. The summed E-state index contributed by atoms with van der Waals surface area (Å²) in [7, 11) is 0. The highest BCUT2D eigenvalue weighted by Gasteiger charge is 2.34. The Morgan fingerprint density at radius 3 is 2.90 bits per heavy atom. The van der Waals surface area contributed by atoms with E-state index in [0.29, 0.717) is 12.0 Å². The maximum absolute atomic E-state index is 12.4. The van der Waals surface area contributed by atoms with Crippen molar-refractivity contribution in [3.05, 3.63) is 29.6 Å². The number of aryl methyl sites for hydroxylation is 1. The second-order valence-electron chi connectivity index (χ2n) is 5.40. The molecule has 2 atom stereocenters.